The lowest BCUT2D eigenvalue weighted by atomic mass is 10.1. The van der Waals surface area contributed by atoms with Crippen molar-refractivity contribution < 1.29 is 37.3 Å². The number of alkyl halides is 3. The Morgan fingerprint density at radius 3 is 2.53 bits per heavy atom. The Balaban J connectivity index is 1.82. The van der Waals surface area contributed by atoms with E-state index in [0.29, 0.717) is 5.82 Å². The molecule has 1 heterocycles. The van der Waals surface area contributed by atoms with Gasteiger partial charge < -0.3 is 40.2 Å². The predicted octanol–water partition coefficient (Wildman–Crippen LogP) is 2.18. The number of aliphatic hydroxyl groups excluding tert-OH is 1. The van der Waals surface area contributed by atoms with Crippen LogP contribution in [0, 0.1) is 6.92 Å². The summed E-state index contributed by atoms with van der Waals surface area (Å²) in [4.78, 5) is 14.8. The van der Waals surface area contributed by atoms with Crippen molar-refractivity contribution in [1.82, 2.24) is 20.9 Å². The molecule has 2 aromatic rings. The second kappa shape index (κ2) is 12.4. The van der Waals surface area contributed by atoms with Crippen LogP contribution in [0.3, 0.4) is 0 Å². The normalized spacial score (nSPS) is 15.5. The maximum atomic E-state index is 13.1. The first-order valence-electron chi connectivity index (χ1n) is 11.2. The number of aryl methyl sites for hydroxylation is 1. The molecule has 4 N–H and O–H groups in total. The zero-order chi connectivity index (χ0) is 26.1. The first-order valence-corrected chi connectivity index (χ1v) is 11.2. The standard InChI is InChI=1S/C24H29F3N4O5/c1-16-6-8-17(9-7-16)15-31-20(22(33)29-10-12-34-13-11-32)21(28-2)30-23(31)35-18-4-3-5-19(14-18)36-24(25,26)27/h3-9,14,23,28,30,32H,10-13,15H2,1-2H3,(H,29,33)/t23-/m0/s1. The lowest BCUT2D eigenvalue weighted by Crippen LogP contribution is -2.44. The Morgan fingerprint density at radius 1 is 1.14 bits per heavy atom. The highest BCUT2D eigenvalue weighted by molar-refractivity contribution is 5.94. The number of nitrogens with one attached hydrogen (secondary N) is 3. The molecule has 0 saturated carbocycles. The summed E-state index contributed by atoms with van der Waals surface area (Å²) < 4.78 is 53.1. The van der Waals surface area contributed by atoms with Gasteiger partial charge in [-0.25, -0.2) is 0 Å². The molecule has 3 rings (SSSR count). The third kappa shape index (κ3) is 7.68. The molecule has 0 spiro atoms. The van der Waals surface area contributed by atoms with E-state index in [-0.39, 0.29) is 44.4 Å². The molecule has 0 bridgehead atoms. The number of carbonyl (C=O) groups is 1. The summed E-state index contributed by atoms with van der Waals surface area (Å²) in [7, 11) is 1.63. The molecule has 0 saturated heterocycles. The Labute approximate surface area is 206 Å². The molecular weight excluding hydrogens is 481 g/mol. The molecule has 36 heavy (non-hydrogen) atoms. The van der Waals surface area contributed by atoms with Gasteiger partial charge in [-0.2, -0.15) is 0 Å². The van der Waals surface area contributed by atoms with Crippen LogP contribution < -0.4 is 25.4 Å². The number of nitrogens with zero attached hydrogens (tertiary/aromatic N) is 1. The van der Waals surface area contributed by atoms with E-state index in [1.54, 1.807) is 11.9 Å². The average molecular weight is 511 g/mol. The maximum Gasteiger partial charge on any atom is 0.573 e. The molecule has 0 unspecified atom stereocenters. The minimum Gasteiger partial charge on any atom is -0.452 e. The van der Waals surface area contributed by atoms with Crippen molar-refractivity contribution in [3.63, 3.8) is 0 Å². The van der Waals surface area contributed by atoms with Crippen LogP contribution in [-0.4, -0.2) is 62.0 Å². The van der Waals surface area contributed by atoms with E-state index in [0.717, 1.165) is 17.2 Å². The molecule has 0 radical (unpaired) electrons. The van der Waals surface area contributed by atoms with E-state index in [9.17, 15) is 18.0 Å². The second-order valence-corrected chi connectivity index (χ2v) is 7.82. The Morgan fingerprint density at radius 2 is 1.86 bits per heavy atom. The van der Waals surface area contributed by atoms with Gasteiger partial charge in [0.1, 0.15) is 23.0 Å². The fourth-order valence-corrected chi connectivity index (χ4v) is 3.47. The summed E-state index contributed by atoms with van der Waals surface area (Å²) in [6, 6.07) is 12.9. The highest BCUT2D eigenvalue weighted by Gasteiger charge is 2.37. The van der Waals surface area contributed by atoms with Crippen molar-refractivity contribution in [1.29, 1.82) is 0 Å². The van der Waals surface area contributed by atoms with Crippen LogP contribution in [0.5, 0.6) is 11.5 Å². The van der Waals surface area contributed by atoms with E-state index >= 15 is 0 Å². The average Bonchev–Trinajstić information content (AvgIpc) is 3.16. The lowest BCUT2D eigenvalue weighted by Gasteiger charge is -2.28. The van der Waals surface area contributed by atoms with Gasteiger partial charge in [0.2, 0.25) is 0 Å². The van der Waals surface area contributed by atoms with Crippen LogP contribution in [0.25, 0.3) is 0 Å². The van der Waals surface area contributed by atoms with Crippen LogP contribution in [0.2, 0.25) is 0 Å². The van der Waals surface area contributed by atoms with Gasteiger partial charge in [0.25, 0.3) is 12.3 Å². The first kappa shape index (κ1) is 27.0. The Bertz CT molecular complexity index is 1050. The largest absolute Gasteiger partial charge is 0.573 e. The summed E-state index contributed by atoms with van der Waals surface area (Å²) in [6.07, 6.45) is -5.75. The first-order chi connectivity index (χ1) is 17.2. The van der Waals surface area contributed by atoms with Gasteiger partial charge in [-0.15, -0.1) is 13.2 Å². The number of hydrogen-bond acceptors (Lipinski definition) is 8. The number of aliphatic hydroxyl groups is 1. The molecule has 196 valence electrons. The van der Waals surface area contributed by atoms with Gasteiger partial charge in [0, 0.05) is 26.2 Å². The van der Waals surface area contributed by atoms with E-state index in [2.05, 4.69) is 20.7 Å². The molecule has 0 fully saturated rings. The number of carbonyl (C=O) groups excluding carboxylic acids is 1. The summed E-state index contributed by atoms with van der Waals surface area (Å²) in [5, 5.41) is 17.6. The number of ether oxygens (including phenoxy) is 3. The number of halogens is 3. The van der Waals surface area contributed by atoms with Crippen LogP contribution in [0.4, 0.5) is 13.2 Å². The molecule has 9 nitrogen and oxygen atoms in total. The zero-order valence-corrected chi connectivity index (χ0v) is 19.9. The minimum atomic E-state index is -4.84. The van der Waals surface area contributed by atoms with E-state index in [4.69, 9.17) is 14.6 Å². The molecule has 2 aromatic carbocycles. The summed E-state index contributed by atoms with van der Waals surface area (Å²) in [6.45, 7) is 2.69. The van der Waals surface area contributed by atoms with Gasteiger partial charge in [-0.1, -0.05) is 35.9 Å². The van der Waals surface area contributed by atoms with Crippen molar-refractivity contribution >= 4 is 5.91 Å². The van der Waals surface area contributed by atoms with Crippen molar-refractivity contribution in [2.75, 3.05) is 33.4 Å². The number of hydrogen-bond donors (Lipinski definition) is 4. The fraction of sp³-hybridized carbons (Fsp3) is 0.375. The molecule has 1 atom stereocenters. The number of benzene rings is 2. The van der Waals surface area contributed by atoms with Gasteiger partial charge in [0.15, 0.2) is 0 Å². The molecule has 1 amide bonds. The van der Waals surface area contributed by atoms with Gasteiger partial charge >= 0.3 is 6.36 Å². The third-order valence-electron chi connectivity index (χ3n) is 5.07. The monoisotopic (exact) mass is 510 g/mol. The highest BCUT2D eigenvalue weighted by atomic mass is 19.4. The van der Waals surface area contributed by atoms with Crippen molar-refractivity contribution in [3.05, 3.63) is 71.2 Å². The van der Waals surface area contributed by atoms with Gasteiger partial charge in [0.05, 0.1) is 19.8 Å². The van der Waals surface area contributed by atoms with E-state index in [1.165, 1.54) is 18.2 Å². The molecule has 12 heteroatoms. The number of rotatable bonds is 12. The zero-order valence-electron chi connectivity index (χ0n) is 19.9. The fourth-order valence-electron chi connectivity index (χ4n) is 3.47. The van der Waals surface area contributed by atoms with Crippen molar-refractivity contribution in [2.45, 2.75) is 26.2 Å². The van der Waals surface area contributed by atoms with Crippen molar-refractivity contribution in [3.8, 4) is 11.5 Å². The quantitative estimate of drug-likeness (QED) is 0.322. The number of amides is 1. The second-order valence-electron chi connectivity index (χ2n) is 7.82. The molecule has 0 aromatic heterocycles. The Hall–Kier alpha value is -3.64. The van der Waals surface area contributed by atoms with Crippen LogP contribution in [-0.2, 0) is 16.1 Å². The SMILES string of the molecule is CNC1=C(C(=O)NCCOCCO)N(Cc2ccc(C)cc2)[C@@H](Oc2cccc(OC(F)(F)F)c2)N1. The lowest BCUT2D eigenvalue weighted by molar-refractivity contribution is -0.274. The highest BCUT2D eigenvalue weighted by Crippen LogP contribution is 2.29. The van der Waals surface area contributed by atoms with Crippen molar-refractivity contribution in [2.24, 2.45) is 0 Å². The van der Waals surface area contributed by atoms with Gasteiger partial charge in [-0.05, 0) is 24.6 Å². The predicted molar refractivity (Wildman–Crippen MR) is 124 cm³/mol. The van der Waals surface area contributed by atoms with Crippen LogP contribution >= 0.6 is 0 Å². The van der Waals surface area contributed by atoms with Crippen LogP contribution in [0.1, 0.15) is 11.1 Å². The molecule has 1 aliphatic rings. The molecule has 0 aliphatic carbocycles. The maximum absolute atomic E-state index is 13.1. The third-order valence-corrected chi connectivity index (χ3v) is 5.07. The van der Waals surface area contributed by atoms with E-state index in [1.807, 2.05) is 31.2 Å². The smallest absolute Gasteiger partial charge is 0.452 e. The molecule has 1 aliphatic heterocycles. The summed E-state index contributed by atoms with van der Waals surface area (Å²) >= 11 is 0. The van der Waals surface area contributed by atoms with Crippen LogP contribution in [0.15, 0.2) is 60.0 Å². The Kier molecular flexibility index (Phi) is 9.25. The summed E-state index contributed by atoms with van der Waals surface area (Å²) in [5.74, 6) is -0.348. The topological polar surface area (TPSA) is 104 Å². The van der Waals surface area contributed by atoms with Gasteiger partial charge in [-0.3, -0.25) is 4.79 Å². The minimum absolute atomic E-state index is 0.109. The van der Waals surface area contributed by atoms with E-state index < -0.39 is 24.4 Å². The molecular formula is C24H29F3N4O5. The summed E-state index contributed by atoms with van der Waals surface area (Å²) in [5.41, 5.74) is 2.21.